The van der Waals surface area contributed by atoms with E-state index in [-0.39, 0.29) is 0 Å². The molecule has 2 aromatic rings. The van der Waals surface area contributed by atoms with Gasteiger partial charge in [-0.05, 0) is 44.4 Å². The minimum atomic E-state index is 0.577. The fraction of sp³-hybridized carbons (Fsp3) is 0.538. The smallest absolute Gasteiger partial charge is 0.149 e. The minimum Gasteiger partial charge on any atom is -0.382 e. The van der Waals surface area contributed by atoms with E-state index in [1.165, 1.54) is 37.5 Å². The molecule has 3 heterocycles. The number of thiazole rings is 1. The van der Waals surface area contributed by atoms with Crippen LogP contribution >= 0.6 is 22.9 Å². The van der Waals surface area contributed by atoms with Gasteiger partial charge in [-0.2, -0.15) is 4.37 Å². The van der Waals surface area contributed by atoms with E-state index in [9.17, 15) is 0 Å². The maximum atomic E-state index is 5.99. The van der Waals surface area contributed by atoms with E-state index in [1.54, 1.807) is 11.3 Å². The molecule has 0 aliphatic carbocycles. The van der Waals surface area contributed by atoms with Gasteiger partial charge in [0.25, 0.3) is 0 Å². The minimum absolute atomic E-state index is 0.577. The molecule has 0 aromatic carbocycles. The van der Waals surface area contributed by atoms with Crippen LogP contribution in [0.5, 0.6) is 0 Å². The van der Waals surface area contributed by atoms with E-state index in [2.05, 4.69) is 19.6 Å². The van der Waals surface area contributed by atoms with Crippen molar-refractivity contribution < 1.29 is 0 Å². The largest absolute Gasteiger partial charge is 0.382 e. The number of aryl methyl sites for hydroxylation is 1. The first-order valence-corrected chi connectivity index (χ1v) is 8.53. The summed E-state index contributed by atoms with van der Waals surface area (Å²) in [6.07, 6.45) is 2.66. The molecule has 1 saturated heterocycles. The van der Waals surface area contributed by atoms with Gasteiger partial charge in [-0.15, -0.1) is 11.3 Å². The number of hydrogen-bond acceptors (Lipinski definition) is 7. The SMILES string of the molecule is Cc1csc(-c2c(N)nsc2NCCN2CCCC2)n1. The Bertz CT molecular complexity index is 571. The highest BCUT2D eigenvalue weighted by Crippen LogP contribution is 2.38. The highest BCUT2D eigenvalue weighted by molar-refractivity contribution is 7.15. The molecule has 0 bridgehead atoms. The zero-order valence-corrected chi connectivity index (χ0v) is 13.2. The Morgan fingerprint density at radius 3 is 2.90 bits per heavy atom. The number of aromatic nitrogens is 2. The van der Waals surface area contributed by atoms with Gasteiger partial charge in [0.15, 0.2) is 0 Å². The third kappa shape index (κ3) is 2.94. The zero-order valence-electron chi connectivity index (χ0n) is 11.6. The van der Waals surface area contributed by atoms with Gasteiger partial charge in [0.2, 0.25) is 0 Å². The Hall–Kier alpha value is -1.18. The van der Waals surface area contributed by atoms with Gasteiger partial charge in [-0.1, -0.05) is 0 Å². The van der Waals surface area contributed by atoms with Crippen molar-refractivity contribution in [1.82, 2.24) is 14.3 Å². The van der Waals surface area contributed by atoms with Crippen molar-refractivity contribution in [3.8, 4) is 10.6 Å². The lowest BCUT2D eigenvalue weighted by Crippen LogP contribution is -2.25. The average molecular weight is 309 g/mol. The van der Waals surface area contributed by atoms with Crippen LogP contribution in [0.4, 0.5) is 10.8 Å². The summed E-state index contributed by atoms with van der Waals surface area (Å²) in [4.78, 5) is 7.01. The molecule has 1 aliphatic rings. The number of nitrogens with one attached hydrogen (secondary N) is 1. The van der Waals surface area contributed by atoms with Gasteiger partial charge >= 0.3 is 0 Å². The van der Waals surface area contributed by atoms with E-state index in [1.807, 2.05) is 12.3 Å². The van der Waals surface area contributed by atoms with Crippen molar-refractivity contribution in [2.75, 3.05) is 37.2 Å². The molecule has 5 nitrogen and oxygen atoms in total. The van der Waals surface area contributed by atoms with Crippen LogP contribution in [0.25, 0.3) is 10.6 Å². The molecule has 0 atom stereocenters. The fourth-order valence-electron chi connectivity index (χ4n) is 2.43. The Morgan fingerprint density at radius 2 is 2.20 bits per heavy atom. The molecule has 108 valence electrons. The van der Waals surface area contributed by atoms with Gasteiger partial charge < -0.3 is 16.0 Å². The molecule has 0 saturated carbocycles. The molecule has 0 spiro atoms. The molecule has 3 rings (SSSR count). The third-order valence-corrected chi connectivity index (χ3v) is 5.26. The number of nitrogens with two attached hydrogens (primary N) is 1. The summed E-state index contributed by atoms with van der Waals surface area (Å²) in [5.74, 6) is 0.577. The molecule has 3 N–H and O–H groups in total. The number of likely N-dealkylation sites (tertiary alicyclic amines) is 1. The summed E-state index contributed by atoms with van der Waals surface area (Å²) in [6, 6.07) is 0. The lowest BCUT2D eigenvalue weighted by Gasteiger charge is -2.14. The highest BCUT2D eigenvalue weighted by Gasteiger charge is 2.17. The number of rotatable bonds is 5. The molecular formula is C13H19N5S2. The van der Waals surface area contributed by atoms with Gasteiger partial charge in [-0.25, -0.2) is 4.98 Å². The molecule has 2 aromatic heterocycles. The fourth-order valence-corrected chi connectivity index (χ4v) is 4.09. The van der Waals surface area contributed by atoms with Crippen LogP contribution in [0.3, 0.4) is 0 Å². The maximum Gasteiger partial charge on any atom is 0.149 e. The molecular weight excluding hydrogens is 290 g/mol. The van der Waals surface area contributed by atoms with E-state index in [4.69, 9.17) is 5.73 Å². The number of hydrogen-bond donors (Lipinski definition) is 2. The molecule has 0 radical (unpaired) electrons. The van der Waals surface area contributed by atoms with Crippen LogP contribution in [0, 0.1) is 6.92 Å². The third-order valence-electron chi connectivity index (χ3n) is 3.46. The van der Waals surface area contributed by atoms with E-state index in [0.717, 1.165) is 34.4 Å². The Morgan fingerprint density at radius 1 is 1.40 bits per heavy atom. The number of anilines is 2. The summed E-state index contributed by atoms with van der Waals surface area (Å²) in [6.45, 7) is 6.46. The molecule has 7 heteroatoms. The van der Waals surface area contributed by atoms with Gasteiger partial charge in [0, 0.05) is 24.2 Å². The van der Waals surface area contributed by atoms with Crippen LogP contribution in [0.1, 0.15) is 18.5 Å². The lowest BCUT2D eigenvalue weighted by atomic mass is 10.3. The second kappa shape index (κ2) is 6.07. The summed E-state index contributed by atoms with van der Waals surface area (Å²) < 4.78 is 4.26. The molecule has 1 aliphatic heterocycles. The van der Waals surface area contributed by atoms with Crippen LogP contribution in [-0.2, 0) is 0 Å². The van der Waals surface area contributed by atoms with E-state index in [0.29, 0.717) is 5.82 Å². The highest BCUT2D eigenvalue weighted by atomic mass is 32.1. The Labute approximate surface area is 127 Å². The Balaban J connectivity index is 1.67. The van der Waals surface area contributed by atoms with Crippen molar-refractivity contribution >= 4 is 33.7 Å². The molecule has 0 unspecified atom stereocenters. The zero-order chi connectivity index (χ0) is 13.9. The van der Waals surface area contributed by atoms with Crippen LogP contribution < -0.4 is 11.1 Å². The quantitative estimate of drug-likeness (QED) is 0.889. The maximum absolute atomic E-state index is 5.99. The average Bonchev–Trinajstić information content (AvgIpc) is 3.12. The van der Waals surface area contributed by atoms with Crippen molar-refractivity contribution in [1.29, 1.82) is 0 Å². The van der Waals surface area contributed by atoms with Crippen molar-refractivity contribution in [2.45, 2.75) is 19.8 Å². The normalized spacial score (nSPS) is 15.8. The Kier molecular flexibility index (Phi) is 4.18. The van der Waals surface area contributed by atoms with E-state index >= 15 is 0 Å². The van der Waals surface area contributed by atoms with Crippen LogP contribution in [0.15, 0.2) is 5.38 Å². The van der Waals surface area contributed by atoms with Crippen LogP contribution in [0.2, 0.25) is 0 Å². The topological polar surface area (TPSA) is 67.1 Å². The molecule has 20 heavy (non-hydrogen) atoms. The summed E-state index contributed by atoms with van der Waals surface area (Å²) in [5, 5.41) is 7.51. The lowest BCUT2D eigenvalue weighted by molar-refractivity contribution is 0.353. The van der Waals surface area contributed by atoms with Gasteiger partial charge in [-0.3, -0.25) is 0 Å². The monoisotopic (exact) mass is 309 g/mol. The van der Waals surface area contributed by atoms with Crippen molar-refractivity contribution in [2.24, 2.45) is 0 Å². The molecule has 0 amide bonds. The summed E-state index contributed by atoms with van der Waals surface area (Å²) in [7, 11) is 0. The van der Waals surface area contributed by atoms with E-state index < -0.39 is 0 Å². The van der Waals surface area contributed by atoms with Crippen molar-refractivity contribution in [3.63, 3.8) is 0 Å². The van der Waals surface area contributed by atoms with Gasteiger partial charge in [0.05, 0.1) is 5.56 Å². The second-order valence-electron chi connectivity index (χ2n) is 5.04. The predicted molar refractivity (Wildman–Crippen MR) is 86.5 cm³/mol. The number of nitrogen functional groups attached to an aromatic ring is 1. The van der Waals surface area contributed by atoms with Crippen molar-refractivity contribution in [3.05, 3.63) is 11.1 Å². The number of nitrogens with zero attached hydrogens (tertiary/aromatic N) is 3. The first-order chi connectivity index (χ1) is 9.74. The standard InChI is InChI=1S/C13H19N5S2/c1-9-8-19-13(16-9)10-11(14)17-20-12(10)15-4-7-18-5-2-3-6-18/h8,15H,2-7H2,1H3,(H2,14,17). The van der Waals surface area contributed by atoms with Crippen LogP contribution in [-0.4, -0.2) is 40.4 Å². The first-order valence-electron chi connectivity index (χ1n) is 6.88. The first kappa shape index (κ1) is 13.8. The second-order valence-corrected chi connectivity index (χ2v) is 6.67. The summed E-state index contributed by atoms with van der Waals surface area (Å²) in [5.41, 5.74) is 7.99. The van der Waals surface area contributed by atoms with Gasteiger partial charge in [0.1, 0.15) is 15.8 Å². The molecule has 1 fully saturated rings. The predicted octanol–water partition coefficient (Wildman–Crippen LogP) is 2.66. The summed E-state index contributed by atoms with van der Waals surface area (Å²) >= 11 is 3.04.